The minimum Gasteiger partial charge on any atom is -0.354 e. The van der Waals surface area contributed by atoms with Gasteiger partial charge in [0.2, 0.25) is 5.91 Å². The van der Waals surface area contributed by atoms with E-state index >= 15 is 0 Å². The highest BCUT2D eigenvalue weighted by molar-refractivity contribution is 14.1. The minimum absolute atomic E-state index is 0.126. The van der Waals surface area contributed by atoms with Gasteiger partial charge in [0.05, 0.1) is 10.6 Å². The molecule has 5 nitrogen and oxygen atoms in total. The number of benzene rings is 3. The summed E-state index contributed by atoms with van der Waals surface area (Å²) < 4.78 is 42.2. The van der Waals surface area contributed by atoms with E-state index in [2.05, 4.69) is 27.9 Å². The second-order valence-electron chi connectivity index (χ2n) is 7.15. The van der Waals surface area contributed by atoms with Gasteiger partial charge < -0.3 is 5.32 Å². The predicted octanol–water partition coefficient (Wildman–Crippen LogP) is 5.07. The van der Waals surface area contributed by atoms with Crippen molar-refractivity contribution < 1.29 is 17.6 Å². The highest BCUT2D eigenvalue weighted by atomic mass is 127. The second-order valence-corrected chi connectivity index (χ2v) is 11.4. The topological polar surface area (TPSA) is 66.5 Å². The van der Waals surface area contributed by atoms with E-state index in [4.69, 9.17) is 0 Å². The molecule has 0 aliphatic rings. The maximum Gasteiger partial charge on any atom is 0.264 e. The molecule has 0 radical (unpaired) electrons. The van der Waals surface area contributed by atoms with Crippen LogP contribution >= 0.6 is 34.4 Å². The molecule has 0 unspecified atom stereocenters. The van der Waals surface area contributed by atoms with Crippen LogP contribution in [0.25, 0.3) is 0 Å². The van der Waals surface area contributed by atoms with Crippen molar-refractivity contribution in [3.8, 4) is 0 Å². The molecule has 0 aliphatic heterocycles. The Morgan fingerprint density at radius 2 is 1.64 bits per heavy atom. The molecular formula is C24H24FIN2O3S2. The van der Waals surface area contributed by atoms with Gasteiger partial charge in [0.25, 0.3) is 10.0 Å². The Hall–Kier alpha value is -2.11. The predicted molar refractivity (Wildman–Crippen MR) is 140 cm³/mol. The van der Waals surface area contributed by atoms with Crippen LogP contribution in [0, 0.1) is 9.39 Å². The van der Waals surface area contributed by atoms with Crippen molar-refractivity contribution >= 4 is 56.0 Å². The molecule has 3 aromatic rings. The van der Waals surface area contributed by atoms with Crippen molar-refractivity contribution in [3.63, 3.8) is 0 Å². The summed E-state index contributed by atoms with van der Waals surface area (Å²) in [5.74, 6) is 0.717. The SMILES string of the molecule is O=C(CN(c1ccc(I)cc1)S(=O)(=O)c1ccccc1)NCCCSCc1ccccc1F. The standard InChI is InChI=1S/C24H24FIN2O3S2/c25-23-10-5-4-7-19(23)18-32-16-6-15-27-24(29)17-28(21-13-11-20(26)12-14-21)33(30,31)22-8-2-1-3-9-22/h1-5,7-14H,6,15-18H2,(H,27,29). The number of sulfonamides is 1. The van der Waals surface area contributed by atoms with Crippen LogP contribution in [-0.2, 0) is 20.6 Å². The zero-order chi connectivity index (χ0) is 23.7. The summed E-state index contributed by atoms with van der Waals surface area (Å²) in [4.78, 5) is 12.7. The number of rotatable bonds is 11. The van der Waals surface area contributed by atoms with Crippen molar-refractivity contribution in [2.45, 2.75) is 17.1 Å². The van der Waals surface area contributed by atoms with E-state index in [-0.39, 0.29) is 23.2 Å². The maximum atomic E-state index is 13.6. The molecule has 0 atom stereocenters. The van der Waals surface area contributed by atoms with Gasteiger partial charge in [0.15, 0.2) is 0 Å². The summed E-state index contributed by atoms with van der Waals surface area (Å²) in [6.45, 7) is 0.0925. The first-order chi connectivity index (χ1) is 15.9. The van der Waals surface area contributed by atoms with Gasteiger partial charge in [-0.2, -0.15) is 11.8 Å². The van der Waals surface area contributed by atoms with Gasteiger partial charge in [-0.25, -0.2) is 12.8 Å². The maximum absolute atomic E-state index is 13.6. The van der Waals surface area contributed by atoms with Crippen LogP contribution in [0.3, 0.4) is 0 Å². The zero-order valence-electron chi connectivity index (χ0n) is 17.8. The molecule has 1 amide bonds. The Kier molecular flexibility index (Phi) is 9.57. The number of amides is 1. The van der Waals surface area contributed by atoms with Gasteiger partial charge in [-0.3, -0.25) is 9.10 Å². The number of carbonyl (C=O) groups excluding carboxylic acids is 1. The summed E-state index contributed by atoms with van der Waals surface area (Å²) in [6.07, 6.45) is 0.694. The minimum atomic E-state index is -3.91. The number of carbonyl (C=O) groups is 1. The van der Waals surface area contributed by atoms with Crippen LogP contribution < -0.4 is 9.62 Å². The molecule has 3 aromatic carbocycles. The van der Waals surface area contributed by atoms with Crippen LogP contribution in [0.5, 0.6) is 0 Å². The van der Waals surface area contributed by atoms with E-state index in [1.54, 1.807) is 66.4 Å². The molecule has 33 heavy (non-hydrogen) atoms. The summed E-state index contributed by atoms with van der Waals surface area (Å²) in [7, 11) is -3.91. The monoisotopic (exact) mass is 598 g/mol. The number of hydrogen-bond acceptors (Lipinski definition) is 4. The first-order valence-electron chi connectivity index (χ1n) is 10.3. The fourth-order valence-corrected chi connectivity index (χ4v) is 5.78. The van der Waals surface area contributed by atoms with Crippen molar-refractivity contribution in [2.75, 3.05) is 23.1 Å². The Morgan fingerprint density at radius 1 is 0.970 bits per heavy atom. The normalized spacial score (nSPS) is 11.2. The quantitative estimate of drug-likeness (QED) is 0.248. The van der Waals surface area contributed by atoms with Crippen LogP contribution in [-0.4, -0.2) is 33.2 Å². The third-order valence-electron chi connectivity index (χ3n) is 4.74. The number of hydrogen-bond donors (Lipinski definition) is 1. The lowest BCUT2D eigenvalue weighted by atomic mass is 10.2. The molecule has 3 rings (SSSR count). The molecule has 0 heterocycles. The Labute approximate surface area is 212 Å². The average Bonchev–Trinajstić information content (AvgIpc) is 2.82. The molecule has 0 aliphatic carbocycles. The van der Waals surface area contributed by atoms with Crippen LogP contribution in [0.4, 0.5) is 10.1 Å². The molecule has 9 heteroatoms. The van der Waals surface area contributed by atoms with Gasteiger partial charge in [0.1, 0.15) is 12.4 Å². The van der Waals surface area contributed by atoms with Crippen LogP contribution in [0.15, 0.2) is 83.8 Å². The van der Waals surface area contributed by atoms with E-state index in [0.717, 1.165) is 13.6 Å². The molecule has 0 saturated heterocycles. The smallest absolute Gasteiger partial charge is 0.264 e. The van der Waals surface area contributed by atoms with Crippen molar-refractivity contribution in [1.29, 1.82) is 0 Å². The molecule has 1 N–H and O–H groups in total. The summed E-state index contributed by atoms with van der Waals surface area (Å²) in [5, 5.41) is 2.79. The van der Waals surface area contributed by atoms with Gasteiger partial charge >= 0.3 is 0 Å². The Bertz CT molecular complexity index is 1160. The zero-order valence-corrected chi connectivity index (χ0v) is 21.6. The van der Waals surface area contributed by atoms with E-state index < -0.39 is 10.0 Å². The van der Waals surface area contributed by atoms with Crippen molar-refractivity contribution in [1.82, 2.24) is 5.32 Å². The van der Waals surface area contributed by atoms with Crippen molar-refractivity contribution in [2.24, 2.45) is 0 Å². The van der Waals surface area contributed by atoms with E-state index in [1.807, 2.05) is 6.07 Å². The van der Waals surface area contributed by atoms with Crippen molar-refractivity contribution in [3.05, 3.63) is 93.8 Å². The highest BCUT2D eigenvalue weighted by Crippen LogP contribution is 2.24. The van der Waals surface area contributed by atoms with E-state index in [0.29, 0.717) is 30.0 Å². The van der Waals surface area contributed by atoms with Gasteiger partial charge in [-0.15, -0.1) is 0 Å². The molecular weight excluding hydrogens is 574 g/mol. The molecule has 0 aromatic heterocycles. The third kappa shape index (κ3) is 7.44. The largest absolute Gasteiger partial charge is 0.354 e. The lowest BCUT2D eigenvalue weighted by molar-refractivity contribution is -0.119. The second kappa shape index (κ2) is 12.4. The fourth-order valence-electron chi connectivity index (χ4n) is 3.03. The fraction of sp³-hybridized carbons (Fsp3) is 0.208. The molecule has 0 fully saturated rings. The summed E-state index contributed by atoms with van der Waals surface area (Å²) in [6, 6.07) is 21.7. The lowest BCUT2D eigenvalue weighted by Crippen LogP contribution is -2.41. The summed E-state index contributed by atoms with van der Waals surface area (Å²) >= 11 is 3.73. The average molecular weight is 599 g/mol. The molecule has 0 saturated carbocycles. The highest BCUT2D eigenvalue weighted by Gasteiger charge is 2.26. The number of thioether (sulfide) groups is 1. The first kappa shape index (κ1) is 25.5. The van der Waals surface area contributed by atoms with Crippen LogP contribution in [0.2, 0.25) is 0 Å². The molecule has 0 spiro atoms. The Morgan fingerprint density at radius 3 is 2.33 bits per heavy atom. The molecule has 0 bridgehead atoms. The first-order valence-corrected chi connectivity index (χ1v) is 14.0. The van der Waals surface area contributed by atoms with Gasteiger partial charge in [-0.1, -0.05) is 36.4 Å². The van der Waals surface area contributed by atoms with Gasteiger partial charge in [0, 0.05) is 15.9 Å². The number of nitrogens with zero attached hydrogens (tertiary/aromatic N) is 1. The number of halogens is 2. The summed E-state index contributed by atoms with van der Waals surface area (Å²) in [5.41, 5.74) is 1.08. The molecule has 174 valence electrons. The van der Waals surface area contributed by atoms with Gasteiger partial charge in [-0.05, 0) is 82.8 Å². The van der Waals surface area contributed by atoms with Crippen LogP contribution in [0.1, 0.15) is 12.0 Å². The number of nitrogens with one attached hydrogen (secondary N) is 1. The lowest BCUT2D eigenvalue weighted by Gasteiger charge is -2.24. The van der Waals surface area contributed by atoms with E-state index in [9.17, 15) is 17.6 Å². The third-order valence-corrected chi connectivity index (χ3v) is 8.34. The van der Waals surface area contributed by atoms with E-state index in [1.165, 1.54) is 18.2 Å². The number of anilines is 1. The Balaban J connectivity index is 1.56.